The lowest BCUT2D eigenvalue weighted by atomic mass is 9.95. The number of fused-ring (bicyclic) bond motifs is 3. The fourth-order valence-electron chi connectivity index (χ4n) is 2.61. The lowest BCUT2D eigenvalue weighted by molar-refractivity contribution is 0.357. The third kappa shape index (κ3) is 1.29. The highest BCUT2D eigenvalue weighted by molar-refractivity contribution is 5.77. The van der Waals surface area contributed by atoms with Crippen LogP contribution in [0.25, 0.3) is 5.57 Å². The second-order valence-electron chi connectivity index (χ2n) is 4.15. The molecule has 3 rings (SSSR count). The summed E-state index contributed by atoms with van der Waals surface area (Å²) >= 11 is 0. The lowest BCUT2D eigenvalue weighted by Crippen LogP contribution is -2.00. The van der Waals surface area contributed by atoms with Gasteiger partial charge in [0.1, 0.15) is 5.75 Å². The average Bonchev–Trinajstić information content (AvgIpc) is 2.83. The van der Waals surface area contributed by atoms with Gasteiger partial charge in [-0.05, 0) is 42.2 Å². The third-order valence-corrected chi connectivity index (χ3v) is 3.27. The van der Waals surface area contributed by atoms with Crippen molar-refractivity contribution in [3.05, 3.63) is 34.9 Å². The van der Waals surface area contributed by atoms with Crippen LogP contribution in [0.3, 0.4) is 0 Å². The molecule has 1 aliphatic carbocycles. The van der Waals surface area contributed by atoms with E-state index >= 15 is 0 Å². The van der Waals surface area contributed by atoms with Crippen LogP contribution in [0.1, 0.15) is 23.1 Å². The Labute approximate surface area is 89.7 Å². The number of rotatable bonds is 2. The summed E-state index contributed by atoms with van der Waals surface area (Å²) in [5.41, 5.74) is 11.4. The normalized spacial score (nSPS) is 17.0. The van der Waals surface area contributed by atoms with Gasteiger partial charge in [-0.2, -0.15) is 0 Å². The number of ether oxygens (including phenoxy) is 1. The van der Waals surface area contributed by atoms with Crippen molar-refractivity contribution in [1.82, 2.24) is 0 Å². The zero-order chi connectivity index (χ0) is 10.3. The molecule has 78 valence electrons. The second-order valence-corrected chi connectivity index (χ2v) is 4.15. The summed E-state index contributed by atoms with van der Waals surface area (Å²) in [6.07, 6.45) is 5.43. The van der Waals surface area contributed by atoms with Crippen molar-refractivity contribution in [2.45, 2.75) is 19.3 Å². The quantitative estimate of drug-likeness (QED) is 0.793. The molecular weight excluding hydrogens is 186 g/mol. The van der Waals surface area contributed by atoms with Gasteiger partial charge in [0.15, 0.2) is 0 Å². The molecule has 0 radical (unpaired) electrons. The predicted octanol–water partition coefficient (Wildman–Crippen LogP) is 1.91. The largest absolute Gasteiger partial charge is 0.493 e. The van der Waals surface area contributed by atoms with E-state index in [4.69, 9.17) is 10.5 Å². The molecule has 0 unspecified atom stereocenters. The average molecular weight is 201 g/mol. The maximum absolute atomic E-state index is 5.64. The van der Waals surface area contributed by atoms with Crippen LogP contribution in [0.15, 0.2) is 18.2 Å². The molecule has 2 aliphatic rings. The summed E-state index contributed by atoms with van der Waals surface area (Å²) in [5, 5.41) is 0. The molecule has 0 amide bonds. The van der Waals surface area contributed by atoms with Gasteiger partial charge in [-0.15, -0.1) is 0 Å². The van der Waals surface area contributed by atoms with E-state index in [0.29, 0.717) is 0 Å². The van der Waals surface area contributed by atoms with Crippen molar-refractivity contribution in [3.63, 3.8) is 0 Å². The molecule has 0 saturated carbocycles. The summed E-state index contributed by atoms with van der Waals surface area (Å²) in [6, 6.07) is 4.31. The van der Waals surface area contributed by atoms with Crippen molar-refractivity contribution < 1.29 is 4.74 Å². The molecule has 0 aromatic heterocycles. The fraction of sp³-hybridized carbons (Fsp3) is 0.385. The van der Waals surface area contributed by atoms with E-state index in [-0.39, 0.29) is 0 Å². The van der Waals surface area contributed by atoms with Crippen molar-refractivity contribution in [2.24, 2.45) is 5.73 Å². The predicted molar refractivity (Wildman–Crippen MR) is 61.0 cm³/mol. The van der Waals surface area contributed by atoms with Crippen LogP contribution in [0, 0.1) is 0 Å². The molecule has 2 nitrogen and oxygen atoms in total. The van der Waals surface area contributed by atoms with E-state index in [9.17, 15) is 0 Å². The Kier molecular flexibility index (Phi) is 2.03. The zero-order valence-electron chi connectivity index (χ0n) is 8.75. The maximum atomic E-state index is 5.64. The van der Waals surface area contributed by atoms with Gasteiger partial charge in [-0.1, -0.05) is 12.1 Å². The molecule has 0 bridgehead atoms. The first-order valence-electron chi connectivity index (χ1n) is 5.57. The van der Waals surface area contributed by atoms with Gasteiger partial charge in [0.2, 0.25) is 0 Å². The van der Waals surface area contributed by atoms with Gasteiger partial charge in [0, 0.05) is 12.0 Å². The van der Waals surface area contributed by atoms with Gasteiger partial charge in [0.05, 0.1) is 6.61 Å². The summed E-state index contributed by atoms with van der Waals surface area (Å²) in [7, 11) is 0. The van der Waals surface area contributed by atoms with E-state index in [2.05, 4.69) is 18.2 Å². The molecule has 1 aromatic carbocycles. The van der Waals surface area contributed by atoms with Crippen LogP contribution in [0.5, 0.6) is 5.75 Å². The SMILES string of the molecule is NCCC1=CCc2ccc3c(c21)CCO3. The lowest BCUT2D eigenvalue weighted by Gasteiger charge is -2.09. The smallest absolute Gasteiger partial charge is 0.123 e. The first-order chi connectivity index (χ1) is 7.40. The molecule has 2 heteroatoms. The summed E-state index contributed by atoms with van der Waals surface area (Å²) in [4.78, 5) is 0. The first kappa shape index (κ1) is 8.98. The minimum atomic E-state index is 0.732. The Balaban J connectivity index is 2.10. The fourth-order valence-corrected chi connectivity index (χ4v) is 2.61. The number of hydrogen-bond donors (Lipinski definition) is 1. The van der Waals surface area contributed by atoms with Crippen LogP contribution < -0.4 is 10.5 Å². The Morgan fingerprint density at radius 2 is 2.27 bits per heavy atom. The minimum Gasteiger partial charge on any atom is -0.493 e. The molecule has 0 fully saturated rings. The highest BCUT2D eigenvalue weighted by Gasteiger charge is 2.23. The van der Waals surface area contributed by atoms with Crippen LogP contribution in [0.2, 0.25) is 0 Å². The van der Waals surface area contributed by atoms with Crippen LogP contribution in [-0.4, -0.2) is 13.2 Å². The van der Waals surface area contributed by atoms with Crippen LogP contribution in [0.4, 0.5) is 0 Å². The molecule has 15 heavy (non-hydrogen) atoms. The highest BCUT2D eigenvalue weighted by atomic mass is 16.5. The van der Waals surface area contributed by atoms with Crippen molar-refractivity contribution >= 4 is 5.57 Å². The summed E-state index contributed by atoms with van der Waals surface area (Å²) in [6.45, 7) is 1.57. The Bertz CT molecular complexity index is 434. The Hall–Kier alpha value is -1.28. The Morgan fingerprint density at radius 1 is 1.33 bits per heavy atom. The van der Waals surface area contributed by atoms with E-state index in [0.717, 1.165) is 38.2 Å². The number of nitrogens with two attached hydrogens (primary N) is 1. The first-order valence-corrected chi connectivity index (χ1v) is 5.57. The van der Waals surface area contributed by atoms with Gasteiger partial charge in [-0.3, -0.25) is 0 Å². The van der Waals surface area contributed by atoms with E-state index in [1.165, 1.54) is 22.3 Å². The summed E-state index contributed by atoms with van der Waals surface area (Å²) in [5.74, 6) is 1.08. The van der Waals surface area contributed by atoms with Gasteiger partial charge in [-0.25, -0.2) is 0 Å². The standard InChI is InChI=1S/C13H15NO/c14-7-5-10-2-1-9-3-4-12-11(13(9)10)6-8-15-12/h2-4H,1,5-8,14H2. The topological polar surface area (TPSA) is 35.2 Å². The Morgan fingerprint density at radius 3 is 3.13 bits per heavy atom. The number of hydrogen-bond acceptors (Lipinski definition) is 2. The molecule has 1 aromatic rings. The van der Waals surface area contributed by atoms with Gasteiger partial charge in [0.25, 0.3) is 0 Å². The summed E-state index contributed by atoms with van der Waals surface area (Å²) < 4.78 is 5.59. The zero-order valence-corrected chi connectivity index (χ0v) is 8.75. The van der Waals surface area contributed by atoms with Crippen molar-refractivity contribution in [3.8, 4) is 5.75 Å². The number of allylic oxidation sites excluding steroid dienone is 1. The molecule has 1 aliphatic heterocycles. The molecule has 1 heterocycles. The van der Waals surface area contributed by atoms with E-state index in [1.807, 2.05) is 0 Å². The van der Waals surface area contributed by atoms with E-state index in [1.54, 1.807) is 0 Å². The highest BCUT2D eigenvalue weighted by Crippen LogP contribution is 2.39. The van der Waals surface area contributed by atoms with Crippen LogP contribution in [-0.2, 0) is 12.8 Å². The molecule has 0 spiro atoms. The van der Waals surface area contributed by atoms with Crippen molar-refractivity contribution in [1.29, 1.82) is 0 Å². The maximum Gasteiger partial charge on any atom is 0.123 e. The molecule has 0 saturated heterocycles. The monoisotopic (exact) mass is 201 g/mol. The van der Waals surface area contributed by atoms with Crippen LogP contribution >= 0.6 is 0 Å². The molecule has 0 atom stereocenters. The second kappa shape index (κ2) is 3.38. The minimum absolute atomic E-state index is 0.732. The van der Waals surface area contributed by atoms with Crippen molar-refractivity contribution in [2.75, 3.05) is 13.2 Å². The van der Waals surface area contributed by atoms with Gasteiger partial charge >= 0.3 is 0 Å². The van der Waals surface area contributed by atoms with E-state index < -0.39 is 0 Å². The molecule has 2 N–H and O–H groups in total. The molecular formula is C13H15NO. The third-order valence-electron chi connectivity index (χ3n) is 3.27. The number of benzene rings is 1. The van der Waals surface area contributed by atoms with Gasteiger partial charge < -0.3 is 10.5 Å².